The second-order valence-corrected chi connectivity index (χ2v) is 6.30. The number of hydrogen-bond acceptors (Lipinski definition) is 4. The number of rotatable bonds is 8. The molecule has 0 spiro atoms. The topological polar surface area (TPSA) is 86.2 Å². The molecule has 1 amide bonds. The van der Waals surface area contributed by atoms with Gasteiger partial charge in [0.15, 0.2) is 5.96 Å². The fourth-order valence-corrected chi connectivity index (χ4v) is 2.92. The number of amides is 1. The van der Waals surface area contributed by atoms with E-state index in [0.717, 1.165) is 45.2 Å². The quantitative estimate of drug-likeness (QED) is 0.370. The van der Waals surface area contributed by atoms with Crippen LogP contribution in [0.4, 0.5) is 0 Å². The van der Waals surface area contributed by atoms with Crippen LogP contribution in [0, 0.1) is 5.92 Å². The molecule has 1 saturated heterocycles. The van der Waals surface area contributed by atoms with Gasteiger partial charge in [0.1, 0.15) is 5.75 Å². The highest BCUT2D eigenvalue weighted by atomic mass is 16.5. The van der Waals surface area contributed by atoms with Crippen molar-refractivity contribution in [1.29, 1.82) is 0 Å². The second-order valence-electron chi connectivity index (χ2n) is 6.30. The predicted molar refractivity (Wildman–Crippen MR) is 103 cm³/mol. The zero-order chi connectivity index (χ0) is 18.8. The predicted octanol–water partition coefficient (Wildman–Crippen LogP) is 1.45. The SMILES string of the molecule is CCNC(=NCCNC(=O)c1ccc(O)cc1)N1CCC(COCC)C1. The summed E-state index contributed by atoms with van der Waals surface area (Å²) < 4.78 is 5.53. The number of phenolic OH excluding ortho intramolecular Hbond substituents is 1. The van der Waals surface area contributed by atoms with E-state index in [2.05, 4.69) is 27.4 Å². The second kappa shape index (κ2) is 10.7. The molecule has 1 unspecified atom stereocenters. The Morgan fingerprint density at radius 3 is 2.77 bits per heavy atom. The smallest absolute Gasteiger partial charge is 0.251 e. The lowest BCUT2D eigenvalue weighted by atomic mass is 10.1. The Morgan fingerprint density at radius 1 is 1.31 bits per heavy atom. The number of aliphatic imine (C=N–C) groups is 1. The molecule has 3 N–H and O–H groups in total. The third-order valence-corrected chi connectivity index (χ3v) is 4.27. The van der Waals surface area contributed by atoms with Crippen LogP contribution in [0.25, 0.3) is 0 Å². The van der Waals surface area contributed by atoms with E-state index in [1.54, 1.807) is 12.1 Å². The molecule has 1 atom stereocenters. The first kappa shape index (κ1) is 20.0. The van der Waals surface area contributed by atoms with Gasteiger partial charge >= 0.3 is 0 Å². The van der Waals surface area contributed by atoms with Gasteiger partial charge in [-0.1, -0.05) is 0 Å². The maximum absolute atomic E-state index is 12.0. The Kier molecular flexibility index (Phi) is 8.21. The van der Waals surface area contributed by atoms with Crippen molar-refractivity contribution < 1.29 is 14.6 Å². The lowest BCUT2D eigenvalue weighted by molar-refractivity contribution is 0.0954. The highest BCUT2D eigenvalue weighted by Crippen LogP contribution is 2.16. The van der Waals surface area contributed by atoms with Gasteiger partial charge in [-0.05, 0) is 44.5 Å². The zero-order valence-corrected chi connectivity index (χ0v) is 15.7. The minimum atomic E-state index is -0.164. The van der Waals surface area contributed by atoms with Crippen LogP contribution in [0.2, 0.25) is 0 Å². The van der Waals surface area contributed by atoms with Crippen molar-refractivity contribution in [2.45, 2.75) is 20.3 Å². The number of likely N-dealkylation sites (tertiary alicyclic amines) is 1. The first-order valence-electron chi connectivity index (χ1n) is 9.32. The summed E-state index contributed by atoms with van der Waals surface area (Å²) in [5.41, 5.74) is 0.525. The number of ether oxygens (including phenoxy) is 1. The maximum atomic E-state index is 12.0. The molecule has 7 heteroatoms. The van der Waals surface area contributed by atoms with Crippen LogP contribution in [-0.2, 0) is 4.74 Å². The lowest BCUT2D eigenvalue weighted by Crippen LogP contribution is -2.40. The number of phenols is 1. The first-order valence-corrected chi connectivity index (χ1v) is 9.32. The number of carbonyl (C=O) groups is 1. The van der Waals surface area contributed by atoms with Crippen LogP contribution in [-0.4, -0.2) is 67.8 Å². The van der Waals surface area contributed by atoms with Crippen LogP contribution >= 0.6 is 0 Å². The molecule has 0 bridgehead atoms. The Hall–Kier alpha value is -2.28. The Labute approximate surface area is 155 Å². The van der Waals surface area contributed by atoms with Crippen LogP contribution in [0.1, 0.15) is 30.6 Å². The molecular weight excluding hydrogens is 332 g/mol. The normalized spacial score (nSPS) is 17.4. The summed E-state index contributed by atoms with van der Waals surface area (Å²) >= 11 is 0. The summed E-state index contributed by atoms with van der Waals surface area (Å²) in [6.45, 7) is 9.34. The van der Waals surface area contributed by atoms with E-state index >= 15 is 0 Å². The summed E-state index contributed by atoms with van der Waals surface area (Å²) in [6, 6.07) is 6.20. The van der Waals surface area contributed by atoms with Gasteiger partial charge < -0.3 is 25.4 Å². The van der Waals surface area contributed by atoms with Gasteiger partial charge in [-0.3, -0.25) is 9.79 Å². The summed E-state index contributed by atoms with van der Waals surface area (Å²) in [7, 11) is 0. The number of guanidine groups is 1. The first-order chi connectivity index (χ1) is 12.6. The zero-order valence-electron chi connectivity index (χ0n) is 15.7. The molecule has 1 aromatic rings. The summed E-state index contributed by atoms with van der Waals surface area (Å²) in [6.07, 6.45) is 1.11. The molecule has 1 heterocycles. The molecule has 0 aromatic heterocycles. The summed E-state index contributed by atoms with van der Waals surface area (Å²) in [4.78, 5) is 18.9. The molecule has 2 rings (SSSR count). The van der Waals surface area contributed by atoms with Crippen LogP contribution < -0.4 is 10.6 Å². The van der Waals surface area contributed by atoms with Crippen LogP contribution in [0.15, 0.2) is 29.3 Å². The molecule has 144 valence electrons. The Morgan fingerprint density at radius 2 is 2.08 bits per heavy atom. The number of nitrogens with zero attached hydrogens (tertiary/aromatic N) is 2. The van der Waals surface area contributed by atoms with Crippen molar-refractivity contribution in [1.82, 2.24) is 15.5 Å². The van der Waals surface area contributed by atoms with Gasteiger partial charge in [-0.25, -0.2) is 0 Å². The lowest BCUT2D eigenvalue weighted by Gasteiger charge is -2.21. The van der Waals surface area contributed by atoms with Crippen molar-refractivity contribution in [2.75, 3.05) is 45.9 Å². The van der Waals surface area contributed by atoms with Gasteiger partial charge in [0.2, 0.25) is 0 Å². The van der Waals surface area contributed by atoms with Crippen molar-refractivity contribution >= 4 is 11.9 Å². The van der Waals surface area contributed by atoms with E-state index in [1.165, 1.54) is 12.1 Å². The van der Waals surface area contributed by atoms with E-state index in [-0.39, 0.29) is 11.7 Å². The van der Waals surface area contributed by atoms with Crippen molar-refractivity contribution in [3.8, 4) is 5.75 Å². The van der Waals surface area contributed by atoms with E-state index < -0.39 is 0 Å². The highest BCUT2D eigenvalue weighted by molar-refractivity contribution is 5.94. The average Bonchev–Trinajstić information content (AvgIpc) is 3.11. The highest BCUT2D eigenvalue weighted by Gasteiger charge is 2.24. The molecule has 1 fully saturated rings. The largest absolute Gasteiger partial charge is 0.508 e. The van der Waals surface area contributed by atoms with E-state index in [0.29, 0.717) is 24.6 Å². The molecule has 1 aliphatic heterocycles. The monoisotopic (exact) mass is 362 g/mol. The van der Waals surface area contributed by atoms with Crippen LogP contribution in [0.3, 0.4) is 0 Å². The van der Waals surface area contributed by atoms with Crippen molar-refractivity contribution in [2.24, 2.45) is 10.9 Å². The average molecular weight is 362 g/mol. The molecular formula is C19H30N4O3. The Balaban J connectivity index is 1.79. The fourth-order valence-electron chi connectivity index (χ4n) is 2.92. The van der Waals surface area contributed by atoms with E-state index in [9.17, 15) is 9.90 Å². The maximum Gasteiger partial charge on any atom is 0.251 e. The van der Waals surface area contributed by atoms with Crippen molar-refractivity contribution in [3.63, 3.8) is 0 Å². The summed E-state index contributed by atoms with van der Waals surface area (Å²) in [5.74, 6) is 1.43. The molecule has 0 radical (unpaired) electrons. The van der Waals surface area contributed by atoms with Gasteiger partial charge in [0, 0.05) is 44.3 Å². The molecule has 1 aromatic carbocycles. The fraction of sp³-hybridized carbons (Fsp3) is 0.579. The molecule has 0 aliphatic carbocycles. The van der Waals surface area contributed by atoms with Gasteiger partial charge in [0.25, 0.3) is 5.91 Å². The molecule has 0 saturated carbocycles. The Bertz CT molecular complexity index is 589. The number of aromatic hydroxyl groups is 1. The van der Waals surface area contributed by atoms with E-state index in [1.807, 2.05) is 6.92 Å². The van der Waals surface area contributed by atoms with Gasteiger partial charge in [-0.15, -0.1) is 0 Å². The minimum absolute atomic E-state index is 0.148. The number of benzene rings is 1. The molecule has 7 nitrogen and oxygen atoms in total. The standard InChI is InChI=1S/C19H30N4O3/c1-3-20-19(23-12-9-15(13-23)14-26-4-2)22-11-10-21-18(25)16-5-7-17(24)8-6-16/h5-8,15,24H,3-4,9-14H2,1-2H3,(H,20,22)(H,21,25). The minimum Gasteiger partial charge on any atom is -0.508 e. The number of nitrogens with one attached hydrogen (secondary N) is 2. The third kappa shape index (κ3) is 6.22. The van der Waals surface area contributed by atoms with Gasteiger partial charge in [0.05, 0.1) is 13.2 Å². The molecule has 26 heavy (non-hydrogen) atoms. The number of carbonyl (C=O) groups excluding carboxylic acids is 1. The van der Waals surface area contributed by atoms with Crippen molar-refractivity contribution in [3.05, 3.63) is 29.8 Å². The summed E-state index contributed by atoms with van der Waals surface area (Å²) in [5, 5.41) is 15.4. The number of hydrogen-bond donors (Lipinski definition) is 3. The van der Waals surface area contributed by atoms with Gasteiger partial charge in [-0.2, -0.15) is 0 Å². The van der Waals surface area contributed by atoms with Crippen LogP contribution in [0.5, 0.6) is 5.75 Å². The third-order valence-electron chi connectivity index (χ3n) is 4.27. The molecule has 1 aliphatic rings. The van der Waals surface area contributed by atoms with E-state index in [4.69, 9.17) is 4.74 Å².